The number of carbonyl (C=O) groups excluding carboxylic acids is 2. The quantitative estimate of drug-likeness (QED) is 0.800. The number of nitrogens with zero attached hydrogens (tertiary/aromatic N) is 1. The first-order valence-corrected chi connectivity index (χ1v) is 7.55. The van der Waals surface area contributed by atoms with Gasteiger partial charge in [0.2, 0.25) is 0 Å². The molecule has 2 rings (SSSR count). The van der Waals surface area contributed by atoms with Crippen LogP contribution in [0.2, 0.25) is 0 Å². The van der Waals surface area contributed by atoms with E-state index in [1.54, 1.807) is 20.8 Å². The van der Waals surface area contributed by atoms with Crippen LogP contribution in [0.15, 0.2) is 30.3 Å². The molecule has 1 amide bonds. The highest BCUT2D eigenvalue weighted by molar-refractivity contribution is 5.78. The molecule has 126 valence electrons. The Labute approximate surface area is 136 Å². The van der Waals surface area contributed by atoms with E-state index in [2.05, 4.69) is 0 Å². The molecule has 0 N–H and O–H groups in total. The van der Waals surface area contributed by atoms with Gasteiger partial charge in [0.15, 0.2) is 6.10 Å². The van der Waals surface area contributed by atoms with E-state index in [0.717, 1.165) is 5.56 Å². The molecule has 1 fully saturated rings. The van der Waals surface area contributed by atoms with E-state index in [9.17, 15) is 9.59 Å². The van der Waals surface area contributed by atoms with Crippen LogP contribution >= 0.6 is 0 Å². The predicted octanol–water partition coefficient (Wildman–Crippen LogP) is 2.36. The highest BCUT2D eigenvalue weighted by atomic mass is 16.6. The van der Waals surface area contributed by atoms with Crippen molar-refractivity contribution in [2.75, 3.05) is 13.8 Å². The van der Waals surface area contributed by atoms with Gasteiger partial charge in [-0.15, -0.1) is 0 Å². The summed E-state index contributed by atoms with van der Waals surface area (Å²) >= 11 is 0. The fourth-order valence-corrected chi connectivity index (χ4v) is 2.45. The molecule has 6 nitrogen and oxygen atoms in total. The van der Waals surface area contributed by atoms with Gasteiger partial charge in [-0.3, -0.25) is 4.90 Å². The fraction of sp³-hybridized carbons (Fsp3) is 0.529. The van der Waals surface area contributed by atoms with Gasteiger partial charge < -0.3 is 14.2 Å². The molecule has 23 heavy (non-hydrogen) atoms. The average molecular weight is 321 g/mol. The lowest BCUT2D eigenvalue weighted by atomic mass is 10.0. The largest absolute Gasteiger partial charge is 0.467 e. The summed E-state index contributed by atoms with van der Waals surface area (Å²) in [7, 11) is 1.31. The van der Waals surface area contributed by atoms with Crippen molar-refractivity contribution in [3.05, 3.63) is 35.9 Å². The smallest absolute Gasteiger partial charge is 0.412 e. The lowest BCUT2D eigenvalue weighted by molar-refractivity contribution is -0.151. The number of carbonyl (C=O) groups is 2. The lowest BCUT2D eigenvalue weighted by Crippen LogP contribution is -2.46. The monoisotopic (exact) mass is 321 g/mol. The average Bonchev–Trinajstić information content (AvgIpc) is 2.89. The van der Waals surface area contributed by atoms with Crippen LogP contribution in [-0.2, 0) is 25.4 Å². The molecule has 0 bridgehead atoms. The maximum absolute atomic E-state index is 12.4. The lowest BCUT2D eigenvalue weighted by Gasteiger charge is -2.28. The predicted molar refractivity (Wildman–Crippen MR) is 83.8 cm³/mol. The van der Waals surface area contributed by atoms with Gasteiger partial charge in [0, 0.05) is 0 Å². The minimum atomic E-state index is -0.812. The second-order valence-corrected chi connectivity index (χ2v) is 6.45. The molecule has 0 spiro atoms. The number of ether oxygens (including phenoxy) is 3. The Morgan fingerprint density at radius 2 is 1.91 bits per heavy atom. The van der Waals surface area contributed by atoms with Crippen LogP contribution in [0.5, 0.6) is 0 Å². The van der Waals surface area contributed by atoms with Crippen LogP contribution in [0.3, 0.4) is 0 Å². The van der Waals surface area contributed by atoms with Gasteiger partial charge in [0.1, 0.15) is 12.3 Å². The Hall–Kier alpha value is -2.08. The summed E-state index contributed by atoms with van der Waals surface area (Å²) in [5, 5.41) is 0. The molecule has 0 aromatic heterocycles. The molecule has 2 atom stereocenters. The standard InChI is InChI=1S/C17H23NO5/c1-17(2,3)23-16(20)18-11-22-14(15(19)21-4)13(18)10-12-8-6-5-7-9-12/h5-9,13-14H,10-11H2,1-4H3/t13-,14+/m0/s1. The fourth-order valence-electron chi connectivity index (χ4n) is 2.45. The summed E-state index contributed by atoms with van der Waals surface area (Å²) in [6, 6.07) is 9.17. The number of benzene rings is 1. The molecule has 0 aliphatic carbocycles. The van der Waals surface area contributed by atoms with E-state index in [1.807, 2.05) is 30.3 Å². The molecule has 1 aliphatic rings. The van der Waals surface area contributed by atoms with E-state index in [-0.39, 0.29) is 6.73 Å². The van der Waals surface area contributed by atoms with Crippen molar-refractivity contribution < 1.29 is 23.8 Å². The molecule has 0 saturated carbocycles. The first-order valence-electron chi connectivity index (χ1n) is 7.55. The first kappa shape index (κ1) is 17.3. The van der Waals surface area contributed by atoms with Gasteiger partial charge in [0.05, 0.1) is 13.2 Å². The van der Waals surface area contributed by atoms with Gasteiger partial charge in [-0.05, 0) is 32.8 Å². The number of hydrogen-bond donors (Lipinski definition) is 0. The first-order chi connectivity index (χ1) is 10.8. The van der Waals surface area contributed by atoms with Crippen LogP contribution in [0.4, 0.5) is 4.79 Å². The zero-order valence-corrected chi connectivity index (χ0v) is 13.9. The zero-order valence-electron chi connectivity index (χ0n) is 13.9. The third-order valence-electron chi connectivity index (χ3n) is 3.49. The number of rotatable bonds is 3. The number of esters is 1. The minimum absolute atomic E-state index is 0.00613. The van der Waals surface area contributed by atoms with Gasteiger partial charge in [0.25, 0.3) is 0 Å². The second kappa shape index (κ2) is 7.00. The molecule has 6 heteroatoms. The molecule has 1 heterocycles. The molecule has 1 saturated heterocycles. The summed E-state index contributed by atoms with van der Waals surface area (Å²) in [5.41, 5.74) is 0.392. The Kier molecular flexibility index (Phi) is 5.26. The Morgan fingerprint density at radius 1 is 1.26 bits per heavy atom. The van der Waals surface area contributed by atoms with Crippen LogP contribution in [0, 0.1) is 0 Å². The van der Waals surface area contributed by atoms with Crippen LogP contribution in [0.25, 0.3) is 0 Å². The van der Waals surface area contributed by atoms with Gasteiger partial charge in [-0.1, -0.05) is 30.3 Å². The summed E-state index contributed by atoms with van der Waals surface area (Å²) in [6.07, 6.45) is -0.822. The molecular formula is C17H23NO5. The van der Waals surface area contributed by atoms with Crippen LogP contribution in [-0.4, -0.2) is 48.5 Å². The highest BCUT2D eigenvalue weighted by Crippen LogP contribution is 2.24. The van der Waals surface area contributed by atoms with Crippen LogP contribution < -0.4 is 0 Å². The summed E-state index contributed by atoms with van der Waals surface area (Å²) in [4.78, 5) is 25.8. The second-order valence-electron chi connectivity index (χ2n) is 6.45. The minimum Gasteiger partial charge on any atom is -0.467 e. The van der Waals surface area contributed by atoms with Gasteiger partial charge >= 0.3 is 12.1 Å². The molecule has 1 aromatic rings. The summed E-state index contributed by atoms with van der Waals surface area (Å²) in [6.45, 7) is 5.40. The van der Waals surface area contributed by atoms with Crippen molar-refractivity contribution in [2.45, 2.75) is 44.9 Å². The molecular weight excluding hydrogens is 298 g/mol. The molecule has 0 radical (unpaired) electrons. The van der Waals surface area contributed by atoms with Gasteiger partial charge in [-0.2, -0.15) is 0 Å². The van der Waals surface area contributed by atoms with Crippen molar-refractivity contribution in [1.29, 1.82) is 0 Å². The van der Waals surface area contributed by atoms with E-state index in [4.69, 9.17) is 14.2 Å². The van der Waals surface area contributed by atoms with Gasteiger partial charge in [-0.25, -0.2) is 9.59 Å². The maximum atomic E-state index is 12.4. The Bertz CT molecular complexity index is 552. The maximum Gasteiger partial charge on any atom is 0.412 e. The molecule has 0 unspecified atom stereocenters. The molecule has 1 aliphatic heterocycles. The van der Waals surface area contributed by atoms with Crippen molar-refractivity contribution in [1.82, 2.24) is 4.90 Å². The SMILES string of the molecule is COC(=O)[C@@H]1OCN(C(=O)OC(C)(C)C)[C@H]1Cc1ccccc1. The number of hydrogen-bond acceptors (Lipinski definition) is 5. The van der Waals surface area contributed by atoms with E-state index in [0.29, 0.717) is 6.42 Å². The topological polar surface area (TPSA) is 65.1 Å². The molecule has 1 aromatic carbocycles. The van der Waals surface area contributed by atoms with Crippen molar-refractivity contribution in [3.8, 4) is 0 Å². The number of amides is 1. The number of methoxy groups -OCH3 is 1. The van der Waals surface area contributed by atoms with Crippen molar-refractivity contribution >= 4 is 12.1 Å². The van der Waals surface area contributed by atoms with Crippen molar-refractivity contribution in [3.63, 3.8) is 0 Å². The zero-order chi connectivity index (χ0) is 17.0. The third-order valence-corrected chi connectivity index (χ3v) is 3.49. The Balaban J connectivity index is 2.19. The Morgan fingerprint density at radius 3 is 2.48 bits per heavy atom. The summed E-state index contributed by atoms with van der Waals surface area (Å²) in [5.74, 6) is -0.489. The third kappa shape index (κ3) is 4.45. The highest BCUT2D eigenvalue weighted by Gasteiger charge is 2.44. The van der Waals surface area contributed by atoms with Crippen molar-refractivity contribution in [2.24, 2.45) is 0 Å². The van der Waals surface area contributed by atoms with E-state index in [1.165, 1.54) is 12.0 Å². The summed E-state index contributed by atoms with van der Waals surface area (Å²) < 4.78 is 15.7. The van der Waals surface area contributed by atoms with E-state index >= 15 is 0 Å². The van der Waals surface area contributed by atoms with E-state index < -0.39 is 29.8 Å². The normalized spacial score (nSPS) is 21.1. The van der Waals surface area contributed by atoms with Crippen LogP contribution in [0.1, 0.15) is 26.3 Å².